The molecule has 132 valence electrons. The van der Waals surface area contributed by atoms with E-state index in [1.165, 1.54) is 24.2 Å². The minimum Gasteiger partial charge on any atom is -0.395 e. The van der Waals surface area contributed by atoms with E-state index in [0.29, 0.717) is 5.92 Å². The summed E-state index contributed by atoms with van der Waals surface area (Å²) in [5.41, 5.74) is 5.27. The Morgan fingerprint density at radius 3 is 2.80 bits per heavy atom. The fourth-order valence-corrected chi connectivity index (χ4v) is 4.30. The zero-order valence-electron chi connectivity index (χ0n) is 14.3. The molecule has 1 aromatic carbocycles. The number of imidazole rings is 1. The molecule has 5 nitrogen and oxygen atoms in total. The van der Waals surface area contributed by atoms with Gasteiger partial charge in [-0.05, 0) is 44.0 Å². The number of piperidine rings is 1. The van der Waals surface area contributed by atoms with Gasteiger partial charge in [-0.3, -0.25) is 0 Å². The maximum Gasteiger partial charge on any atom is 0.110 e. The van der Waals surface area contributed by atoms with E-state index in [2.05, 4.69) is 44.1 Å². The molecule has 0 bridgehead atoms. The lowest BCUT2D eigenvalue weighted by Gasteiger charge is -2.31. The van der Waals surface area contributed by atoms with Crippen LogP contribution in [0, 0.1) is 5.92 Å². The Morgan fingerprint density at radius 2 is 2.04 bits per heavy atom. The highest BCUT2D eigenvalue weighted by Crippen LogP contribution is 2.25. The second-order valence-electron chi connectivity index (χ2n) is 6.80. The third-order valence-electron chi connectivity index (χ3n) is 5.13. The number of hydrogen-bond acceptors (Lipinski definition) is 5. The minimum absolute atomic E-state index is 0.258. The van der Waals surface area contributed by atoms with Gasteiger partial charge < -0.3 is 14.6 Å². The van der Waals surface area contributed by atoms with Crippen LogP contribution < -0.4 is 0 Å². The molecule has 0 amide bonds. The van der Waals surface area contributed by atoms with Crippen LogP contribution in [0.2, 0.25) is 0 Å². The van der Waals surface area contributed by atoms with Crippen molar-refractivity contribution in [1.82, 2.24) is 19.4 Å². The first-order valence-corrected chi connectivity index (χ1v) is 9.92. The number of aromatic nitrogens is 3. The topological polar surface area (TPSA) is 54.2 Å². The summed E-state index contributed by atoms with van der Waals surface area (Å²) in [5, 5.41) is 11.2. The van der Waals surface area contributed by atoms with Crippen LogP contribution in [0.1, 0.15) is 24.4 Å². The molecule has 0 radical (unpaired) electrons. The molecule has 0 aliphatic carbocycles. The van der Waals surface area contributed by atoms with Crippen molar-refractivity contribution in [1.29, 1.82) is 0 Å². The standard InChI is InChI=1S/C19H24N4OS/c24-10-9-22-7-5-15(6-8-22)11-19-21-17-3-1-2-4-18(17)23(19)12-16-13-25-14-20-16/h1-4,13-15,24H,5-12H2. The molecular weight excluding hydrogens is 332 g/mol. The Balaban J connectivity index is 1.54. The van der Waals surface area contributed by atoms with E-state index < -0.39 is 0 Å². The highest BCUT2D eigenvalue weighted by atomic mass is 32.1. The second kappa shape index (κ2) is 7.64. The summed E-state index contributed by atoms with van der Waals surface area (Å²) < 4.78 is 2.34. The fraction of sp³-hybridized carbons (Fsp3) is 0.474. The van der Waals surface area contributed by atoms with Gasteiger partial charge in [0.1, 0.15) is 5.82 Å². The highest BCUT2D eigenvalue weighted by molar-refractivity contribution is 7.07. The molecule has 1 aliphatic heterocycles. The van der Waals surface area contributed by atoms with Crippen LogP contribution in [0.4, 0.5) is 0 Å². The van der Waals surface area contributed by atoms with Crippen molar-refractivity contribution in [3.63, 3.8) is 0 Å². The van der Waals surface area contributed by atoms with Crippen LogP contribution in [-0.4, -0.2) is 50.8 Å². The van der Waals surface area contributed by atoms with E-state index in [9.17, 15) is 0 Å². The van der Waals surface area contributed by atoms with Gasteiger partial charge >= 0.3 is 0 Å². The van der Waals surface area contributed by atoms with E-state index in [1.54, 1.807) is 11.3 Å². The van der Waals surface area contributed by atoms with E-state index in [-0.39, 0.29) is 6.61 Å². The first-order chi connectivity index (χ1) is 12.3. The zero-order chi connectivity index (χ0) is 17.1. The van der Waals surface area contributed by atoms with Crippen molar-refractivity contribution < 1.29 is 5.11 Å². The van der Waals surface area contributed by atoms with Gasteiger partial charge in [0.25, 0.3) is 0 Å². The van der Waals surface area contributed by atoms with Gasteiger partial charge in [0.2, 0.25) is 0 Å². The molecule has 3 heterocycles. The van der Waals surface area contributed by atoms with Crippen LogP contribution in [-0.2, 0) is 13.0 Å². The van der Waals surface area contributed by atoms with Crippen molar-refractivity contribution in [2.45, 2.75) is 25.8 Å². The van der Waals surface area contributed by atoms with Gasteiger partial charge in [-0.25, -0.2) is 9.97 Å². The SMILES string of the molecule is OCCN1CCC(Cc2nc3ccccc3n2Cc2cscn2)CC1. The molecular formula is C19H24N4OS. The monoisotopic (exact) mass is 356 g/mol. The Kier molecular flexibility index (Phi) is 5.10. The summed E-state index contributed by atoms with van der Waals surface area (Å²) in [4.78, 5) is 11.7. The third kappa shape index (κ3) is 3.76. The predicted octanol–water partition coefficient (Wildman–Crippen LogP) is 2.79. The predicted molar refractivity (Wildman–Crippen MR) is 101 cm³/mol. The van der Waals surface area contributed by atoms with Gasteiger partial charge in [-0.2, -0.15) is 0 Å². The number of β-amino-alcohol motifs (C(OH)–C–C–N with tert-alkyl or cyclic N) is 1. The Bertz CT molecular complexity index is 806. The smallest absolute Gasteiger partial charge is 0.110 e. The maximum absolute atomic E-state index is 9.10. The van der Waals surface area contributed by atoms with Crippen LogP contribution in [0.3, 0.4) is 0 Å². The van der Waals surface area contributed by atoms with Gasteiger partial charge in [-0.15, -0.1) is 11.3 Å². The number of likely N-dealkylation sites (tertiary alicyclic amines) is 1. The average Bonchev–Trinajstić information content (AvgIpc) is 3.26. The third-order valence-corrected chi connectivity index (χ3v) is 5.77. The Morgan fingerprint density at radius 1 is 1.20 bits per heavy atom. The number of hydrogen-bond donors (Lipinski definition) is 1. The normalized spacial score (nSPS) is 16.7. The first-order valence-electron chi connectivity index (χ1n) is 8.98. The number of benzene rings is 1. The minimum atomic E-state index is 0.258. The van der Waals surface area contributed by atoms with E-state index in [0.717, 1.165) is 43.8 Å². The van der Waals surface area contributed by atoms with E-state index in [4.69, 9.17) is 10.1 Å². The van der Waals surface area contributed by atoms with Crippen LogP contribution in [0.15, 0.2) is 35.2 Å². The average molecular weight is 356 g/mol. The number of rotatable bonds is 6. The van der Waals surface area contributed by atoms with Gasteiger partial charge in [-0.1, -0.05) is 12.1 Å². The summed E-state index contributed by atoms with van der Waals surface area (Å²) in [5.74, 6) is 1.84. The lowest BCUT2D eigenvalue weighted by molar-refractivity contribution is 0.146. The van der Waals surface area contributed by atoms with Crippen molar-refractivity contribution in [3.05, 3.63) is 46.7 Å². The van der Waals surface area contributed by atoms with E-state index in [1.807, 2.05) is 5.51 Å². The summed E-state index contributed by atoms with van der Waals surface area (Å²) in [7, 11) is 0. The highest BCUT2D eigenvalue weighted by Gasteiger charge is 2.22. The summed E-state index contributed by atoms with van der Waals surface area (Å²) in [6, 6.07) is 8.39. The number of para-hydroxylation sites is 2. The molecule has 2 aromatic heterocycles. The van der Waals surface area contributed by atoms with Gasteiger partial charge in [0, 0.05) is 18.3 Å². The molecule has 0 saturated carbocycles. The molecule has 1 fully saturated rings. The van der Waals surface area contributed by atoms with Crippen molar-refractivity contribution >= 4 is 22.4 Å². The molecule has 0 spiro atoms. The van der Waals surface area contributed by atoms with E-state index >= 15 is 0 Å². The molecule has 1 saturated heterocycles. The van der Waals surface area contributed by atoms with Crippen LogP contribution in [0.25, 0.3) is 11.0 Å². The number of fused-ring (bicyclic) bond motifs is 1. The van der Waals surface area contributed by atoms with Crippen molar-refractivity contribution in [2.75, 3.05) is 26.2 Å². The number of nitrogens with zero attached hydrogens (tertiary/aromatic N) is 4. The zero-order valence-corrected chi connectivity index (χ0v) is 15.2. The maximum atomic E-state index is 9.10. The molecule has 3 aromatic rings. The number of aliphatic hydroxyl groups is 1. The Hall–Kier alpha value is -1.76. The molecule has 1 N–H and O–H groups in total. The quantitative estimate of drug-likeness (QED) is 0.738. The number of aliphatic hydroxyl groups excluding tert-OH is 1. The fourth-order valence-electron chi connectivity index (χ4n) is 3.75. The molecule has 4 rings (SSSR count). The van der Waals surface area contributed by atoms with Gasteiger partial charge in [0.05, 0.1) is 35.4 Å². The summed E-state index contributed by atoms with van der Waals surface area (Å²) in [6.07, 6.45) is 3.38. The molecule has 6 heteroatoms. The van der Waals surface area contributed by atoms with Crippen molar-refractivity contribution in [2.24, 2.45) is 5.92 Å². The second-order valence-corrected chi connectivity index (χ2v) is 7.51. The first kappa shape index (κ1) is 16.7. The van der Waals surface area contributed by atoms with Crippen LogP contribution in [0.5, 0.6) is 0 Å². The Labute approximate surface area is 152 Å². The van der Waals surface area contributed by atoms with Crippen LogP contribution >= 0.6 is 11.3 Å². The molecule has 1 aliphatic rings. The summed E-state index contributed by atoms with van der Waals surface area (Å²) >= 11 is 1.64. The molecule has 25 heavy (non-hydrogen) atoms. The van der Waals surface area contributed by atoms with Gasteiger partial charge in [0.15, 0.2) is 0 Å². The lowest BCUT2D eigenvalue weighted by atomic mass is 9.93. The lowest BCUT2D eigenvalue weighted by Crippen LogP contribution is -2.36. The molecule has 0 atom stereocenters. The number of thiazole rings is 1. The molecule has 0 unspecified atom stereocenters. The summed E-state index contributed by atoms with van der Waals surface area (Å²) in [6.45, 7) is 4.01. The van der Waals surface area contributed by atoms with Crippen molar-refractivity contribution in [3.8, 4) is 0 Å². The largest absolute Gasteiger partial charge is 0.395 e.